The van der Waals surface area contributed by atoms with Gasteiger partial charge in [0.25, 0.3) is 0 Å². The molecule has 66 valence electrons. The van der Waals surface area contributed by atoms with Crippen LogP contribution in [0.25, 0.3) is 0 Å². The fraction of sp³-hybridized carbons (Fsp3) is 1.00. The van der Waals surface area contributed by atoms with Gasteiger partial charge in [-0.3, -0.25) is 0 Å². The van der Waals surface area contributed by atoms with E-state index in [0.29, 0.717) is 11.5 Å². The Kier molecular flexibility index (Phi) is 2.90. The van der Waals surface area contributed by atoms with Crippen LogP contribution in [0, 0.1) is 5.41 Å². The van der Waals surface area contributed by atoms with Crippen molar-refractivity contribution in [2.45, 2.75) is 33.3 Å². The molecule has 0 aromatic carbocycles. The molecule has 1 saturated heterocycles. The minimum Gasteiger partial charge on any atom is -0.379 e. The van der Waals surface area contributed by atoms with Crippen molar-refractivity contribution >= 4 is 0 Å². The van der Waals surface area contributed by atoms with Crippen LogP contribution in [-0.4, -0.2) is 25.9 Å². The number of epoxide rings is 1. The van der Waals surface area contributed by atoms with E-state index in [1.807, 2.05) is 0 Å². The van der Waals surface area contributed by atoms with E-state index in [0.717, 1.165) is 26.2 Å². The van der Waals surface area contributed by atoms with Crippen LogP contribution in [0.5, 0.6) is 0 Å². The lowest BCUT2D eigenvalue weighted by Gasteiger charge is -2.17. The summed E-state index contributed by atoms with van der Waals surface area (Å²) in [5.74, 6) is 0. The van der Waals surface area contributed by atoms with Gasteiger partial charge < -0.3 is 9.47 Å². The third kappa shape index (κ3) is 5.22. The van der Waals surface area contributed by atoms with Gasteiger partial charge >= 0.3 is 0 Å². The molecule has 0 bridgehead atoms. The third-order valence-corrected chi connectivity index (χ3v) is 1.70. The molecule has 0 radical (unpaired) electrons. The Labute approximate surface area is 68.9 Å². The topological polar surface area (TPSA) is 21.8 Å². The quantitative estimate of drug-likeness (QED) is 0.460. The first kappa shape index (κ1) is 9.01. The van der Waals surface area contributed by atoms with Crippen LogP contribution in [0.1, 0.15) is 27.2 Å². The largest absolute Gasteiger partial charge is 0.379 e. The summed E-state index contributed by atoms with van der Waals surface area (Å²) in [4.78, 5) is 0. The molecule has 0 amide bonds. The fourth-order valence-corrected chi connectivity index (χ4v) is 0.757. The van der Waals surface area contributed by atoms with E-state index >= 15 is 0 Å². The highest BCUT2D eigenvalue weighted by molar-refractivity contribution is 4.67. The lowest BCUT2D eigenvalue weighted by molar-refractivity contribution is 0.0945. The summed E-state index contributed by atoms with van der Waals surface area (Å²) < 4.78 is 10.4. The van der Waals surface area contributed by atoms with Gasteiger partial charge in [0.15, 0.2) is 0 Å². The molecular formula is C9H18O2. The van der Waals surface area contributed by atoms with Crippen molar-refractivity contribution in [3.05, 3.63) is 0 Å². The molecule has 2 nitrogen and oxygen atoms in total. The zero-order valence-corrected chi connectivity index (χ0v) is 7.72. The number of hydrogen-bond acceptors (Lipinski definition) is 2. The smallest absolute Gasteiger partial charge is 0.104 e. The second kappa shape index (κ2) is 3.55. The van der Waals surface area contributed by atoms with Crippen LogP contribution in [0.2, 0.25) is 0 Å². The van der Waals surface area contributed by atoms with Gasteiger partial charge in [-0.15, -0.1) is 0 Å². The van der Waals surface area contributed by atoms with Crippen LogP contribution in [-0.2, 0) is 9.47 Å². The number of hydrogen-bond donors (Lipinski definition) is 0. The average molecular weight is 158 g/mol. The summed E-state index contributed by atoms with van der Waals surface area (Å²) >= 11 is 0. The standard InChI is InChI=1S/C9H18O2/c1-9(2,3)4-5-10-6-8-7-11-8/h8H,4-7H2,1-3H3. The SMILES string of the molecule is CC(C)(C)CCOCC1CO1. The maximum atomic E-state index is 5.41. The molecule has 0 N–H and O–H groups in total. The molecule has 1 aliphatic rings. The van der Waals surface area contributed by atoms with Crippen molar-refractivity contribution in [3.63, 3.8) is 0 Å². The van der Waals surface area contributed by atoms with Gasteiger partial charge in [0.05, 0.1) is 13.2 Å². The van der Waals surface area contributed by atoms with Crippen LogP contribution >= 0.6 is 0 Å². The molecular weight excluding hydrogens is 140 g/mol. The van der Waals surface area contributed by atoms with Crippen molar-refractivity contribution in [1.82, 2.24) is 0 Å². The summed E-state index contributed by atoms with van der Waals surface area (Å²) in [6.45, 7) is 9.23. The Hall–Kier alpha value is -0.0800. The first-order valence-electron chi connectivity index (χ1n) is 4.27. The molecule has 0 aromatic heterocycles. The van der Waals surface area contributed by atoms with Gasteiger partial charge in [0, 0.05) is 6.61 Å². The summed E-state index contributed by atoms with van der Waals surface area (Å²) in [5, 5.41) is 0. The Morgan fingerprint density at radius 3 is 2.55 bits per heavy atom. The third-order valence-electron chi connectivity index (χ3n) is 1.70. The predicted octanol–water partition coefficient (Wildman–Crippen LogP) is 1.84. The van der Waals surface area contributed by atoms with Crippen LogP contribution in [0.3, 0.4) is 0 Å². The summed E-state index contributed by atoms with van der Waals surface area (Å²) in [6, 6.07) is 0. The lowest BCUT2D eigenvalue weighted by Crippen LogP contribution is -2.11. The van der Waals surface area contributed by atoms with E-state index in [2.05, 4.69) is 20.8 Å². The van der Waals surface area contributed by atoms with Crippen molar-refractivity contribution in [2.75, 3.05) is 19.8 Å². The minimum absolute atomic E-state index is 0.393. The number of rotatable bonds is 4. The summed E-state index contributed by atoms with van der Waals surface area (Å²) in [6.07, 6.45) is 1.54. The molecule has 1 heterocycles. The molecule has 1 fully saturated rings. The predicted molar refractivity (Wildman–Crippen MR) is 44.6 cm³/mol. The van der Waals surface area contributed by atoms with E-state index in [9.17, 15) is 0 Å². The first-order chi connectivity index (χ1) is 5.08. The van der Waals surface area contributed by atoms with Crippen LogP contribution in [0.4, 0.5) is 0 Å². The second-order valence-corrected chi connectivity index (χ2v) is 4.34. The highest BCUT2D eigenvalue weighted by Crippen LogP contribution is 2.18. The van der Waals surface area contributed by atoms with E-state index in [1.54, 1.807) is 0 Å². The van der Waals surface area contributed by atoms with Crippen molar-refractivity contribution < 1.29 is 9.47 Å². The maximum Gasteiger partial charge on any atom is 0.104 e. The van der Waals surface area contributed by atoms with E-state index in [4.69, 9.17) is 9.47 Å². The van der Waals surface area contributed by atoms with Gasteiger partial charge in [0.1, 0.15) is 6.10 Å². The van der Waals surface area contributed by atoms with Crippen LogP contribution < -0.4 is 0 Å². The molecule has 1 rings (SSSR count). The van der Waals surface area contributed by atoms with Gasteiger partial charge in [0.2, 0.25) is 0 Å². The lowest BCUT2D eigenvalue weighted by atomic mass is 9.93. The second-order valence-electron chi connectivity index (χ2n) is 4.34. The molecule has 1 unspecified atom stereocenters. The Morgan fingerprint density at radius 2 is 2.09 bits per heavy atom. The van der Waals surface area contributed by atoms with Crippen molar-refractivity contribution in [3.8, 4) is 0 Å². The van der Waals surface area contributed by atoms with Crippen LogP contribution in [0.15, 0.2) is 0 Å². The Bertz CT molecular complexity index is 111. The average Bonchev–Trinajstić information content (AvgIpc) is 2.60. The maximum absolute atomic E-state index is 5.41. The fourth-order valence-electron chi connectivity index (χ4n) is 0.757. The zero-order chi connectivity index (χ0) is 8.32. The molecule has 11 heavy (non-hydrogen) atoms. The molecule has 2 heteroatoms. The summed E-state index contributed by atoms with van der Waals surface area (Å²) in [7, 11) is 0. The zero-order valence-electron chi connectivity index (χ0n) is 7.72. The molecule has 1 aliphatic heterocycles. The highest BCUT2D eigenvalue weighted by Gasteiger charge is 2.22. The van der Waals surface area contributed by atoms with E-state index in [-0.39, 0.29) is 0 Å². The van der Waals surface area contributed by atoms with Crippen molar-refractivity contribution in [1.29, 1.82) is 0 Å². The first-order valence-corrected chi connectivity index (χ1v) is 4.27. The van der Waals surface area contributed by atoms with Crippen molar-refractivity contribution in [2.24, 2.45) is 5.41 Å². The molecule has 1 atom stereocenters. The monoisotopic (exact) mass is 158 g/mol. The summed E-state index contributed by atoms with van der Waals surface area (Å²) in [5.41, 5.74) is 0.393. The Balaban J connectivity index is 1.87. The van der Waals surface area contributed by atoms with E-state index in [1.165, 1.54) is 0 Å². The molecule has 0 saturated carbocycles. The van der Waals surface area contributed by atoms with Gasteiger partial charge in [-0.25, -0.2) is 0 Å². The minimum atomic E-state index is 0.393. The number of ether oxygens (including phenoxy) is 2. The van der Waals surface area contributed by atoms with Gasteiger partial charge in [-0.1, -0.05) is 20.8 Å². The molecule has 0 spiro atoms. The normalized spacial score (nSPS) is 23.7. The molecule has 0 aromatic rings. The Morgan fingerprint density at radius 1 is 1.45 bits per heavy atom. The molecule has 0 aliphatic carbocycles. The van der Waals surface area contributed by atoms with Gasteiger partial charge in [-0.2, -0.15) is 0 Å². The van der Waals surface area contributed by atoms with Gasteiger partial charge in [-0.05, 0) is 11.8 Å². The van der Waals surface area contributed by atoms with E-state index < -0.39 is 0 Å². The highest BCUT2D eigenvalue weighted by atomic mass is 16.6.